The maximum Gasteiger partial charge on any atom is 0.328 e. The maximum atomic E-state index is 13.2. The minimum absolute atomic E-state index is 0.113. The van der Waals surface area contributed by atoms with E-state index in [4.69, 9.17) is 4.74 Å². The topological polar surface area (TPSA) is 172 Å². The van der Waals surface area contributed by atoms with Crippen molar-refractivity contribution >= 4 is 35.5 Å². The summed E-state index contributed by atoms with van der Waals surface area (Å²) in [4.78, 5) is 77.0. The number of esters is 1. The number of carbonyl (C=O) groups is 6. The van der Waals surface area contributed by atoms with E-state index in [0.717, 1.165) is 32.1 Å². The van der Waals surface area contributed by atoms with Crippen LogP contribution in [0, 0.1) is 17.8 Å². The molecular weight excluding hydrogens is 578 g/mol. The van der Waals surface area contributed by atoms with E-state index in [0.29, 0.717) is 25.7 Å². The van der Waals surface area contributed by atoms with Gasteiger partial charge in [0.2, 0.25) is 29.5 Å². The first kappa shape index (κ1) is 41.8. The highest BCUT2D eigenvalue weighted by molar-refractivity contribution is 5.96. The standard InChI is InChI=1S/C33H61N5O7/c1-11-13-14-15-16-17-26(39)35-24(18-21(3)4)29(41)38-33(8,9)32(44)34-20-27(40)37-28(23(7)12-2)30(42)36-25(19-22(5)6)31(43)45-10/h21-25,28H,11-20H2,1-10H3,(H,34,44)(H,35,39)(H,36,42)(H,37,40)(H,38,41)/t23-,24-,25-,28-/m0/s1. The number of methoxy groups -OCH3 is 1. The van der Waals surface area contributed by atoms with E-state index < -0.39 is 59.8 Å². The molecule has 0 spiro atoms. The Hall–Kier alpha value is -3.18. The summed E-state index contributed by atoms with van der Waals surface area (Å²) in [6.45, 7) is 16.1. The summed E-state index contributed by atoms with van der Waals surface area (Å²) in [7, 11) is 1.25. The Bertz CT molecular complexity index is 967. The van der Waals surface area contributed by atoms with Crippen LogP contribution in [0.15, 0.2) is 0 Å². The van der Waals surface area contributed by atoms with E-state index in [2.05, 4.69) is 33.5 Å². The molecular formula is C33H61N5O7. The van der Waals surface area contributed by atoms with E-state index in [-0.39, 0.29) is 23.7 Å². The molecule has 12 heteroatoms. The molecule has 0 heterocycles. The molecule has 0 bridgehead atoms. The zero-order valence-corrected chi connectivity index (χ0v) is 29.4. The summed E-state index contributed by atoms with van der Waals surface area (Å²) in [6.07, 6.45) is 6.70. The second-order valence-electron chi connectivity index (χ2n) is 13.4. The fourth-order valence-corrected chi connectivity index (χ4v) is 4.71. The number of hydrogen-bond donors (Lipinski definition) is 5. The molecule has 0 unspecified atom stereocenters. The molecule has 0 aliphatic carbocycles. The Morgan fingerprint density at radius 1 is 0.711 bits per heavy atom. The molecule has 45 heavy (non-hydrogen) atoms. The summed E-state index contributed by atoms with van der Waals surface area (Å²) >= 11 is 0. The Morgan fingerprint density at radius 3 is 1.82 bits per heavy atom. The molecule has 0 aromatic carbocycles. The molecule has 0 aromatic heterocycles. The molecule has 0 aliphatic heterocycles. The van der Waals surface area contributed by atoms with E-state index in [1.54, 1.807) is 6.92 Å². The van der Waals surface area contributed by atoms with Crippen LogP contribution in [0.1, 0.15) is 120 Å². The number of hydrogen-bond acceptors (Lipinski definition) is 7. The third-order valence-corrected chi connectivity index (χ3v) is 7.60. The molecule has 0 aromatic rings. The van der Waals surface area contributed by atoms with E-state index in [1.807, 2.05) is 34.6 Å². The first-order valence-electron chi connectivity index (χ1n) is 16.6. The molecule has 0 aliphatic rings. The van der Waals surface area contributed by atoms with Gasteiger partial charge in [-0.2, -0.15) is 0 Å². The highest BCUT2D eigenvalue weighted by Crippen LogP contribution is 2.13. The van der Waals surface area contributed by atoms with Gasteiger partial charge in [0.15, 0.2) is 0 Å². The predicted molar refractivity (Wildman–Crippen MR) is 175 cm³/mol. The van der Waals surface area contributed by atoms with Crippen molar-refractivity contribution in [3.05, 3.63) is 0 Å². The lowest BCUT2D eigenvalue weighted by Gasteiger charge is -2.29. The van der Waals surface area contributed by atoms with Gasteiger partial charge in [0.1, 0.15) is 23.7 Å². The first-order valence-corrected chi connectivity index (χ1v) is 16.6. The molecule has 5 amide bonds. The molecule has 0 saturated carbocycles. The largest absolute Gasteiger partial charge is 0.467 e. The Kier molecular flexibility index (Phi) is 20.0. The highest BCUT2D eigenvalue weighted by atomic mass is 16.5. The van der Waals surface area contributed by atoms with Crippen molar-refractivity contribution in [2.75, 3.05) is 13.7 Å². The van der Waals surface area contributed by atoms with Crippen LogP contribution < -0.4 is 26.6 Å². The lowest BCUT2D eigenvalue weighted by Crippen LogP contribution is -2.60. The van der Waals surface area contributed by atoms with Crippen molar-refractivity contribution in [2.24, 2.45) is 17.8 Å². The third kappa shape index (κ3) is 17.2. The average molecular weight is 640 g/mol. The minimum Gasteiger partial charge on any atom is -0.467 e. The average Bonchev–Trinajstić information content (AvgIpc) is 2.96. The smallest absolute Gasteiger partial charge is 0.328 e. The second kappa shape index (κ2) is 21.5. The Labute approximate surface area is 270 Å². The minimum atomic E-state index is -1.39. The zero-order valence-electron chi connectivity index (χ0n) is 29.4. The predicted octanol–water partition coefficient (Wildman–Crippen LogP) is 3.12. The fourth-order valence-electron chi connectivity index (χ4n) is 4.71. The summed E-state index contributed by atoms with van der Waals surface area (Å²) < 4.78 is 4.83. The molecule has 0 saturated heterocycles. The van der Waals surface area contributed by atoms with Crippen LogP contribution in [0.5, 0.6) is 0 Å². The van der Waals surface area contributed by atoms with Crippen molar-refractivity contribution in [3.63, 3.8) is 0 Å². The van der Waals surface area contributed by atoms with Gasteiger partial charge in [-0.1, -0.05) is 80.6 Å². The highest BCUT2D eigenvalue weighted by Gasteiger charge is 2.34. The number of amides is 5. The zero-order chi connectivity index (χ0) is 34.7. The number of ether oxygens (including phenoxy) is 1. The van der Waals surface area contributed by atoms with E-state index >= 15 is 0 Å². The SMILES string of the molecule is CCCCCCCC(=O)N[C@@H](CC(C)C)C(=O)NC(C)(C)C(=O)NCC(=O)N[C@H](C(=O)N[C@@H](CC(C)C)C(=O)OC)[C@@H](C)CC. The van der Waals surface area contributed by atoms with E-state index in [1.165, 1.54) is 21.0 Å². The van der Waals surface area contributed by atoms with Gasteiger partial charge < -0.3 is 31.3 Å². The quantitative estimate of drug-likeness (QED) is 0.0895. The molecule has 4 atom stereocenters. The number of carbonyl (C=O) groups excluding carboxylic acids is 6. The lowest BCUT2D eigenvalue weighted by molar-refractivity contribution is -0.146. The van der Waals surface area contributed by atoms with Gasteiger partial charge in [0.25, 0.3) is 0 Å². The molecule has 0 rings (SSSR count). The van der Waals surface area contributed by atoms with Crippen LogP contribution >= 0.6 is 0 Å². The molecule has 5 N–H and O–H groups in total. The van der Waals surface area contributed by atoms with Gasteiger partial charge in [0.05, 0.1) is 13.7 Å². The normalized spacial score (nSPS) is 14.1. The van der Waals surface area contributed by atoms with Gasteiger partial charge in [-0.25, -0.2) is 4.79 Å². The lowest BCUT2D eigenvalue weighted by atomic mass is 9.97. The van der Waals surface area contributed by atoms with Gasteiger partial charge in [-0.05, 0) is 50.9 Å². The summed E-state index contributed by atoms with van der Waals surface area (Å²) in [5.74, 6) is -3.01. The Balaban J connectivity index is 5.28. The van der Waals surface area contributed by atoms with Crippen molar-refractivity contribution < 1.29 is 33.5 Å². The number of unbranched alkanes of at least 4 members (excludes halogenated alkanes) is 4. The van der Waals surface area contributed by atoms with Crippen LogP contribution in [-0.4, -0.2) is 72.8 Å². The molecule has 0 fully saturated rings. The van der Waals surface area contributed by atoms with E-state index in [9.17, 15) is 28.8 Å². The van der Waals surface area contributed by atoms with Gasteiger partial charge >= 0.3 is 5.97 Å². The molecule has 0 radical (unpaired) electrons. The summed E-state index contributed by atoms with van der Waals surface area (Å²) in [6, 6.07) is -2.61. The van der Waals surface area contributed by atoms with Crippen LogP contribution in [0.3, 0.4) is 0 Å². The maximum absolute atomic E-state index is 13.2. The summed E-state index contributed by atoms with van der Waals surface area (Å²) in [5.41, 5.74) is -1.39. The summed E-state index contributed by atoms with van der Waals surface area (Å²) in [5, 5.41) is 13.4. The number of nitrogens with one attached hydrogen (secondary N) is 5. The van der Waals surface area contributed by atoms with Gasteiger partial charge in [-0.15, -0.1) is 0 Å². The first-order chi connectivity index (χ1) is 21.0. The van der Waals surface area contributed by atoms with Crippen LogP contribution in [-0.2, 0) is 33.5 Å². The van der Waals surface area contributed by atoms with Crippen LogP contribution in [0.2, 0.25) is 0 Å². The molecule has 12 nitrogen and oxygen atoms in total. The second-order valence-corrected chi connectivity index (χ2v) is 13.4. The van der Waals surface area contributed by atoms with Crippen molar-refractivity contribution in [3.8, 4) is 0 Å². The van der Waals surface area contributed by atoms with Gasteiger partial charge in [0, 0.05) is 6.42 Å². The van der Waals surface area contributed by atoms with Crippen LogP contribution in [0.25, 0.3) is 0 Å². The van der Waals surface area contributed by atoms with Crippen molar-refractivity contribution in [2.45, 2.75) is 144 Å². The molecule has 260 valence electrons. The fraction of sp³-hybridized carbons (Fsp3) is 0.818. The Morgan fingerprint density at radius 2 is 1.29 bits per heavy atom. The number of rotatable bonds is 22. The van der Waals surface area contributed by atoms with Crippen LogP contribution in [0.4, 0.5) is 0 Å². The third-order valence-electron chi connectivity index (χ3n) is 7.60. The van der Waals surface area contributed by atoms with Crippen molar-refractivity contribution in [1.29, 1.82) is 0 Å². The van der Waals surface area contributed by atoms with Crippen molar-refractivity contribution in [1.82, 2.24) is 26.6 Å². The van der Waals surface area contributed by atoms with Gasteiger partial charge in [-0.3, -0.25) is 24.0 Å². The monoisotopic (exact) mass is 639 g/mol.